The molecule has 134 valence electrons. The molecule has 1 unspecified atom stereocenters. The maximum absolute atomic E-state index is 12.1. The lowest BCUT2D eigenvalue weighted by atomic mass is 10.1. The van der Waals surface area contributed by atoms with Crippen molar-refractivity contribution in [3.8, 4) is 0 Å². The Balaban J connectivity index is 1.50. The third-order valence-electron chi connectivity index (χ3n) is 4.98. The van der Waals surface area contributed by atoms with Crippen molar-refractivity contribution in [2.75, 3.05) is 26.2 Å². The molecule has 1 saturated carbocycles. The summed E-state index contributed by atoms with van der Waals surface area (Å²) >= 11 is 0. The molecule has 0 radical (unpaired) electrons. The molecule has 24 heavy (non-hydrogen) atoms. The van der Waals surface area contributed by atoms with E-state index in [1.54, 1.807) is 6.92 Å². The molecule has 0 aromatic carbocycles. The summed E-state index contributed by atoms with van der Waals surface area (Å²) in [7, 11) is 0. The van der Waals surface area contributed by atoms with Gasteiger partial charge in [-0.3, -0.25) is 4.79 Å². The van der Waals surface area contributed by atoms with Crippen molar-refractivity contribution in [1.82, 2.24) is 19.9 Å². The van der Waals surface area contributed by atoms with E-state index in [4.69, 9.17) is 4.52 Å². The summed E-state index contributed by atoms with van der Waals surface area (Å²) < 4.78 is 5.29. The summed E-state index contributed by atoms with van der Waals surface area (Å²) in [6.45, 7) is 9.96. The van der Waals surface area contributed by atoms with Crippen LogP contribution in [0.3, 0.4) is 0 Å². The Morgan fingerprint density at radius 1 is 1.38 bits per heavy atom. The molecule has 2 aliphatic rings. The lowest BCUT2D eigenvalue weighted by molar-refractivity contribution is -0.130. The number of aromatic nitrogens is 2. The van der Waals surface area contributed by atoms with Gasteiger partial charge in [-0.05, 0) is 31.1 Å². The van der Waals surface area contributed by atoms with E-state index in [1.807, 2.05) is 4.90 Å². The highest BCUT2D eigenvalue weighted by Gasteiger charge is 2.32. The first-order chi connectivity index (χ1) is 11.5. The van der Waals surface area contributed by atoms with Crippen LogP contribution in [0, 0.1) is 11.8 Å². The molecule has 1 amide bonds. The molecule has 1 aliphatic carbocycles. The van der Waals surface area contributed by atoms with Gasteiger partial charge in [0, 0.05) is 52.0 Å². The Morgan fingerprint density at radius 3 is 2.83 bits per heavy atom. The number of carbonyl (C=O) groups excluding carboxylic acids is 1. The van der Waals surface area contributed by atoms with Gasteiger partial charge in [-0.15, -0.1) is 0 Å². The number of hydrogen-bond acceptors (Lipinski definition) is 5. The van der Waals surface area contributed by atoms with Crippen molar-refractivity contribution in [1.29, 1.82) is 0 Å². The maximum atomic E-state index is 12.1. The van der Waals surface area contributed by atoms with E-state index in [1.165, 1.54) is 19.4 Å². The Labute approximate surface area is 144 Å². The van der Waals surface area contributed by atoms with E-state index in [0.717, 1.165) is 31.8 Å². The van der Waals surface area contributed by atoms with Gasteiger partial charge in [0.1, 0.15) is 0 Å². The third-order valence-corrected chi connectivity index (χ3v) is 4.98. The molecule has 1 aromatic heterocycles. The second-order valence-electron chi connectivity index (χ2n) is 7.81. The SMILES string of the molecule is CC(=O)N(CCc1noc(CC(C)C)n1)C1CCN(CC2CC2)C1. The van der Waals surface area contributed by atoms with E-state index in [-0.39, 0.29) is 5.91 Å². The van der Waals surface area contributed by atoms with Gasteiger partial charge in [0.25, 0.3) is 0 Å². The van der Waals surface area contributed by atoms with E-state index in [2.05, 4.69) is 28.9 Å². The molecule has 3 rings (SSSR count). The number of nitrogens with zero attached hydrogens (tertiary/aromatic N) is 4. The number of hydrogen-bond donors (Lipinski definition) is 0. The smallest absolute Gasteiger partial charge is 0.226 e. The van der Waals surface area contributed by atoms with Gasteiger partial charge in [-0.2, -0.15) is 4.98 Å². The minimum Gasteiger partial charge on any atom is -0.339 e. The molecule has 0 spiro atoms. The first kappa shape index (κ1) is 17.4. The Hall–Kier alpha value is -1.43. The predicted octanol–water partition coefficient (Wildman–Crippen LogP) is 2.14. The van der Waals surface area contributed by atoms with Crippen molar-refractivity contribution in [2.24, 2.45) is 11.8 Å². The van der Waals surface area contributed by atoms with Crippen molar-refractivity contribution < 1.29 is 9.32 Å². The topological polar surface area (TPSA) is 62.5 Å². The van der Waals surface area contributed by atoms with Crippen LogP contribution in [0.2, 0.25) is 0 Å². The third kappa shape index (κ3) is 4.79. The Morgan fingerprint density at radius 2 is 2.17 bits per heavy atom. The van der Waals surface area contributed by atoms with Crippen LogP contribution < -0.4 is 0 Å². The molecule has 1 saturated heterocycles. The van der Waals surface area contributed by atoms with Crippen LogP contribution in [0.1, 0.15) is 51.7 Å². The molecule has 0 bridgehead atoms. The fourth-order valence-corrected chi connectivity index (χ4v) is 3.54. The summed E-state index contributed by atoms with van der Waals surface area (Å²) in [5, 5.41) is 4.06. The lowest BCUT2D eigenvalue weighted by Gasteiger charge is -2.27. The van der Waals surface area contributed by atoms with Gasteiger partial charge < -0.3 is 14.3 Å². The van der Waals surface area contributed by atoms with E-state index < -0.39 is 0 Å². The quantitative estimate of drug-likeness (QED) is 0.729. The number of rotatable bonds is 8. The molecule has 2 fully saturated rings. The maximum Gasteiger partial charge on any atom is 0.226 e. The van der Waals surface area contributed by atoms with Crippen LogP contribution >= 0.6 is 0 Å². The molecule has 1 aliphatic heterocycles. The van der Waals surface area contributed by atoms with Crippen LogP contribution in [0.5, 0.6) is 0 Å². The van der Waals surface area contributed by atoms with Crippen LogP contribution in [0.25, 0.3) is 0 Å². The average molecular weight is 334 g/mol. The van der Waals surface area contributed by atoms with Gasteiger partial charge in [0.2, 0.25) is 11.8 Å². The summed E-state index contributed by atoms with van der Waals surface area (Å²) in [6, 6.07) is 0.336. The average Bonchev–Trinajstić information content (AvgIpc) is 3.01. The van der Waals surface area contributed by atoms with E-state index in [0.29, 0.717) is 36.6 Å². The van der Waals surface area contributed by atoms with Crippen LogP contribution in [0.15, 0.2) is 4.52 Å². The van der Waals surface area contributed by atoms with Gasteiger partial charge in [-0.1, -0.05) is 19.0 Å². The first-order valence-electron chi connectivity index (χ1n) is 9.32. The van der Waals surface area contributed by atoms with Crippen molar-refractivity contribution in [2.45, 2.75) is 58.9 Å². The highest BCUT2D eigenvalue weighted by atomic mass is 16.5. The van der Waals surface area contributed by atoms with Gasteiger partial charge in [0.15, 0.2) is 5.82 Å². The van der Waals surface area contributed by atoms with Gasteiger partial charge in [0.05, 0.1) is 0 Å². The van der Waals surface area contributed by atoms with Crippen molar-refractivity contribution in [3.63, 3.8) is 0 Å². The molecule has 1 aromatic rings. The molecular formula is C18H30N4O2. The zero-order valence-corrected chi connectivity index (χ0v) is 15.2. The van der Waals surface area contributed by atoms with Gasteiger partial charge in [-0.25, -0.2) is 0 Å². The monoisotopic (exact) mass is 334 g/mol. The second-order valence-corrected chi connectivity index (χ2v) is 7.81. The van der Waals surface area contributed by atoms with Crippen molar-refractivity contribution in [3.05, 3.63) is 11.7 Å². The molecule has 6 heteroatoms. The zero-order chi connectivity index (χ0) is 17.1. The van der Waals surface area contributed by atoms with Crippen LogP contribution in [-0.4, -0.2) is 58.1 Å². The summed E-state index contributed by atoms with van der Waals surface area (Å²) in [5.41, 5.74) is 0. The fourth-order valence-electron chi connectivity index (χ4n) is 3.54. The Bertz CT molecular complexity index is 553. The highest BCUT2D eigenvalue weighted by Crippen LogP contribution is 2.31. The summed E-state index contributed by atoms with van der Waals surface area (Å²) in [6.07, 6.45) is 5.32. The molecule has 0 N–H and O–H groups in total. The minimum atomic E-state index is 0.152. The van der Waals surface area contributed by atoms with Gasteiger partial charge >= 0.3 is 0 Å². The summed E-state index contributed by atoms with van der Waals surface area (Å²) in [4.78, 5) is 21.1. The van der Waals surface area contributed by atoms with E-state index >= 15 is 0 Å². The predicted molar refractivity (Wildman–Crippen MR) is 91.5 cm³/mol. The largest absolute Gasteiger partial charge is 0.339 e. The molecular weight excluding hydrogens is 304 g/mol. The fraction of sp³-hybridized carbons (Fsp3) is 0.833. The number of amides is 1. The molecule has 1 atom stereocenters. The first-order valence-corrected chi connectivity index (χ1v) is 9.32. The number of carbonyl (C=O) groups is 1. The van der Waals surface area contributed by atoms with Crippen molar-refractivity contribution >= 4 is 5.91 Å². The zero-order valence-electron chi connectivity index (χ0n) is 15.2. The Kier molecular flexibility index (Phi) is 5.54. The standard InChI is InChI=1S/C18H30N4O2/c1-13(2)10-18-19-17(20-24-18)7-9-22(14(3)23)16-6-8-21(12-16)11-15-4-5-15/h13,15-16H,4-12H2,1-3H3. The summed E-state index contributed by atoms with van der Waals surface area (Å²) in [5.74, 6) is 2.98. The minimum absolute atomic E-state index is 0.152. The normalized spacial score (nSPS) is 21.6. The van der Waals surface area contributed by atoms with E-state index in [9.17, 15) is 4.79 Å². The highest BCUT2D eigenvalue weighted by molar-refractivity contribution is 5.73. The lowest BCUT2D eigenvalue weighted by Crippen LogP contribution is -2.42. The van der Waals surface area contributed by atoms with Crippen LogP contribution in [-0.2, 0) is 17.6 Å². The van der Waals surface area contributed by atoms with Crippen LogP contribution in [0.4, 0.5) is 0 Å². The molecule has 2 heterocycles. The molecule has 6 nitrogen and oxygen atoms in total. The second kappa shape index (κ2) is 7.64. The number of likely N-dealkylation sites (tertiary alicyclic amines) is 1.